The van der Waals surface area contributed by atoms with Crippen LogP contribution in [-0.4, -0.2) is 30.3 Å². The van der Waals surface area contributed by atoms with Crippen molar-refractivity contribution in [1.29, 1.82) is 0 Å². The summed E-state index contributed by atoms with van der Waals surface area (Å²) in [5, 5.41) is 0. The lowest BCUT2D eigenvalue weighted by Gasteiger charge is -2.41. The van der Waals surface area contributed by atoms with Crippen molar-refractivity contribution in [2.75, 3.05) is 14.1 Å². The summed E-state index contributed by atoms with van der Waals surface area (Å²) in [6.07, 6.45) is 5.57. The van der Waals surface area contributed by atoms with Crippen molar-refractivity contribution in [2.45, 2.75) is 44.6 Å². The maximum absolute atomic E-state index is 12.1. The summed E-state index contributed by atoms with van der Waals surface area (Å²) in [6.45, 7) is 5.60. The molecule has 0 aliphatic heterocycles. The molecule has 0 aromatic carbocycles. The van der Waals surface area contributed by atoms with E-state index in [0.29, 0.717) is 5.57 Å². The number of nitrogens with zero attached hydrogens (tertiary/aromatic N) is 1. The Morgan fingerprint density at radius 2 is 1.71 bits per heavy atom. The number of carbonyl (C=O) groups excluding carboxylic acids is 1. The Kier molecular flexibility index (Phi) is 3.48. The minimum absolute atomic E-state index is 0.238. The number of hydrogen-bond acceptors (Lipinski definition) is 2. The highest BCUT2D eigenvalue weighted by atomic mass is 16.1. The predicted molar refractivity (Wildman–Crippen MR) is 59.3 cm³/mol. The molecule has 0 spiro atoms. The van der Waals surface area contributed by atoms with Crippen LogP contribution < -0.4 is 0 Å². The molecule has 0 aromatic heterocycles. The lowest BCUT2D eigenvalue weighted by Crippen LogP contribution is -2.52. The second-order valence-electron chi connectivity index (χ2n) is 4.60. The maximum atomic E-state index is 12.1. The van der Waals surface area contributed by atoms with E-state index in [2.05, 4.69) is 11.5 Å². The van der Waals surface area contributed by atoms with Crippen LogP contribution in [-0.2, 0) is 4.79 Å². The third-order valence-corrected chi connectivity index (χ3v) is 3.35. The molecular formula is C12H21NO. The van der Waals surface area contributed by atoms with Crippen LogP contribution in [0.3, 0.4) is 0 Å². The van der Waals surface area contributed by atoms with E-state index in [-0.39, 0.29) is 11.3 Å². The first-order chi connectivity index (χ1) is 6.50. The monoisotopic (exact) mass is 195 g/mol. The minimum atomic E-state index is -0.246. The molecule has 1 fully saturated rings. The van der Waals surface area contributed by atoms with Crippen LogP contribution in [0.5, 0.6) is 0 Å². The molecule has 0 N–H and O–H groups in total. The van der Waals surface area contributed by atoms with Crippen LogP contribution in [0, 0.1) is 0 Å². The summed E-state index contributed by atoms with van der Waals surface area (Å²) in [5.41, 5.74) is 0.449. The van der Waals surface area contributed by atoms with Gasteiger partial charge >= 0.3 is 0 Å². The Labute approximate surface area is 87.0 Å². The Morgan fingerprint density at radius 1 is 1.21 bits per heavy atom. The molecule has 1 saturated carbocycles. The number of likely N-dealkylation sites (N-methyl/N-ethyl adjacent to an activating group) is 1. The van der Waals surface area contributed by atoms with Crippen molar-refractivity contribution >= 4 is 5.78 Å². The van der Waals surface area contributed by atoms with Gasteiger partial charge in [-0.25, -0.2) is 0 Å². The van der Waals surface area contributed by atoms with E-state index in [9.17, 15) is 4.79 Å². The number of rotatable bonds is 3. The summed E-state index contributed by atoms with van der Waals surface area (Å²) in [6, 6.07) is 0. The standard InChI is InChI=1S/C12H21NO/c1-10(2)11(14)12(13(3)4)8-6-5-7-9-12/h1,5-9H2,2-4H3. The minimum Gasteiger partial charge on any atom is -0.297 e. The molecule has 0 heterocycles. The Morgan fingerprint density at radius 3 is 2.07 bits per heavy atom. The summed E-state index contributed by atoms with van der Waals surface area (Å²) in [4.78, 5) is 14.2. The fourth-order valence-corrected chi connectivity index (χ4v) is 2.41. The number of carbonyl (C=O) groups is 1. The van der Waals surface area contributed by atoms with Gasteiger partial charge in [-0.1, -0.05) is 25.8 Å². The van der Waals surface area contributed by atoms with E-state index >= 15 is 0 Å². The van der Waals surface area contributed by atoms with E-state index in [1.54, 1.807) is 0 Å². The molecule has 1 aliphatic carbocycles. The van der Waals surface area contributed by atoms with Gasteiger partial charge in [0.2, 0.25) is 0 Å². The molecule has 2 heteroatoms. The highest BCUT2D eigenvalue weighted by molar-refractivity contribution is 6.01. The molecule has 1 rings (SSSR count). The van der Waals surface area contributed by atoms with Gasteiger partial charge in [0.15, 0.2) is 5.78 Å². The van der Waals surface area contributed by atoms with Gasteiger partial charge in [0.05, 0.1) is 5.54 Å². The second-order valence-corrected chi connectivity index (χ2v) is 4.60. The van der Waals surface area contributed by atoms with Gasteiger partial charge in [-0.15, -0.1) is 0 Å². The molecule has 14 heavy (non-hydrogen) atoms. The quantitative estimate of drug-likeness (QED) is 0.644. The summed E-state index contributed by atoms with van der Waals surface area (Å²) < 4.78 is 0. The third kappa shape index (κ3) is 1.90. The molecule has 0 radical (unpaired) electrons. The van der Waals surface area contributed by atoms with Gasteiger partial charge in [0, 0.05) is 0 Å². The fraction of sp³-hybridized carbons (Fsp3) is 0.750. The first kappa shape index (κ1) is 11.4. The van der Waals surface area contributed by atoms with E-state index in [4.69, 9.17) is 0 Å². The van der Waals surface area contributed by atoms with E-state index in [1.807, 2.05) is 21.0 Å². The van der Waals surface area contributed by atoms with Crippen LogP contribution in [0.15, 0.2) is 12.2 Å². The van der Waals surface area contributed by atoms with Crippen LogP contribution in [0.25, 0.3) is 0 Å². The van der Waals surface area contributed by atoms with Crippen molar-refractivity contribution in [3.8, 4) is 0 Å². The first-order valence-corrected chi connectivity index (χ1v) is 5.38. The van der Waals surface area contributed by atoms with Gasteiger partial charge in [0.1, 0.15) is 0 Å². The molecule has 0 unspecified atom stereocenters. The molecule has 0 bridgehead atoms. The summed E-state index contributed by atoms with van der Waals surface area (Å²) in [5.74, 6) is 0.238. The number of Topliss-reactive ketones (excluding diaryl/α,β-unsaturated/α-hetero) is 1. The van der Waals surface area contributed by atoms with Gasteiger partial charge in [0.25, 0.3) is 0 Å². The van der Waals surface area contributed by atoms with E-state index < -0.39 is 0 Å². The lowest BCUT2D eigenvalue weighted by molar-refractivity contribution is -0.127. The summed E-state index contributed by atoms with van der Waals surface area (Å²) >= 11 is 0. The number of hydrogen-bond donors (Lipinski definition) is 0. The van der Waals surface area contributed by atoms with Crippen molar-refractivity contribution in [3.63, 3.8) is 0 Å². The van der Waals surface area contributed by atoms with Gasteiger partial charge in [-0.3, -0.25) is 9.69 Å². The third-order valence-electron chi connectivity index (χ3n) is 3.35. The van der Waals surface area contributed by atoms with Crippen molar-refractivity contribution in [2.24, 2.45) is 0 Å². The maximum Gasteiger partial charge on any atom is 0.178 e. The van der Waals surface area contributed by atoms with Crippen molar-refractivity contribution in [1.82, 2.24) is 4.90 Å². The molecule has 0 atom stereocenters. The molecule has 1 aliphatic rings. The SMILES string of the molecule is C=C(C)C(=O)C1(N(C)C)CCCCC1. The Bertz CT molecular complexity index is 237. The van der Waals surface area contributed by atoms with Gasteiger partial charge < -0.3 is 0 Å². The van der Waals surface area contributed by atoms with E-state index in [0.717, 1.165) is 25.7 Å². The highest BCUT2D eigenvalue weighted by Crippen LogP contribution is 2.34. The normalized spacial score (nSPS) is 20.9. The van der Waals surface area contributed by atoms with E-state index in [1.165, 1.54) is 6.42 Å². The van der Waals surface area contributed by atoms with Crippen LogP contribution in [0.2, 0.25) is 0 Å². The van der Waals surface area contributed by atoms with Crippen molar-refractivity contribution < 1.29 is 4.79 Å². The zero-order valence-corrected chi connectivity index (χ0v) is 9.60. The first-order valence-electron chi connectivity index (χ1n) is 5.38. The molecule has 2 nitrogen and oxygen atoms in total. The average Bonchev–Trinajstić information content (AvgIpc) is 2.17. The van der Waals surface area contributed by atoms with Crippen LogP contribution >= 0.6 is 0 Å². The average molecular weight is 195 g/mol. The molecule has 0 amide bonds. The predicted octanol–water partition coefficient (Wildman–Crippen LogP) is 2.40. The van der Waals surface area contributed by atoms with Gasteiger partial charge in [-0.05, 0) is 39.4 Å². The largest absolute Gasteiger partial charge is 0.297 e. The molecule has 0 saturated heterocycles. The van der Waals surface area contributed by atoms with Crippen LogP contribution in [0.4, 0.5) is 0 Å². The lowest BCUT2D eigenvalue weighted by atomic mass is 9.76. The highest BCUT2D eigenvalue weighted by Gasteiger charge is 2.41. The Balaban J connectivity index is 2.91. The van der Waals surface area contributed by atoms with Gasteiger partial charge in [-0.2, -0.15) is 0 Å². The fourth-order valence-electron chi connectivity index (χ4n) is 2.41. The topological polar surface area (TPSA) is 20.3 Å². The second kappa shape index (κ2) is 4.26. The summed E-state index contributed by atoms with van der Waals surface area (Å²) in [7, 11) is 4.01. The van der Waals surface area contributed by atoms with Crippen LogP contribution in [0.1, 0.15) is 39.0 Å². The zero-order valence-electron chi connectivity index (χ0n) is 9.60. The molecule has 0 aromatic rings. The number of ketones is 1. The van der Waals surface area contributed by atoms with Crippen molar-refractivity contribution in [3.05, 3.63) is 12.2 Å². The molecular weight excluding hydrogens is 174 g/mol. The smallest absolute Gasteiger partial charge is 0.178 e. The molecule has 80 valence electrons. The Hall–Kier alpha value is -0.630. The zero-order chi connectivity index (χ0) is 10.8.